The third-order valence-electron chi connectivity index (χ3n) is 0.980. The molecule has 0 aliphatic carbocycles. The number of rotatable bonds is 2. The summed E-state index contributed by atoms with van der Waals surface area (Å²) in [7, 11) is 0. The smallest absolute Gasteiger partial charge is 0.209 e. The van der Waals surface area contributed by atoms with Crippen LogP contribution in [-0.4, -0.2) is 9.83 Å². The summed E-state index contributed by atoms with van der Waals surface area (Å²) < 4.78 is 0.0394. The van der Waals surface area contributed by atoms with Crippen molar-refractivity contribution in [2.45, 2.75) is 19.9 Å². The zero-order valence-corrected chi connectivity index (χ0v) is 7.18. The minimum atomic E-state index is -0.282. The Balaban J connectivity index is 3.64. The highest BCUT2D eigenvalue weighted by atomic mass is 127. The summed E-state index contributed by atoms with van der Waals surface area (Å²) in [5.74, 6) is 0.263. The second kappa shape index (κ2) is 3.40. The Morgan fingerprint density at radius 2 is 2.00 bits per heavy atom. The molecular weight excluding hydrogens is 217 g/mol. The van der Waals surface area contributed by atoms with E-state index >= 15 is 0 Å². The van der Waals surface area contributed by atoms with Crippen molar-refractivity contribution in [2.24, 2.45) is 11.7 Å². The summed E-state index contributed by atoms with van der Waals surface area (Å²) in [4.78, 5) is 10.4. The van der Waals surface area contributed by atoms with Crippen LogP contribution in [-0.2, 0) is 4.79 Å². The predicted octanol–water partition coefficient (Wildman–Crippen LogP) is 0.931. The number of carbonyl (C=O) groups is 1. The summed E-state index contributed by atoms with van der Waals surface area (Å²) in [5.41, 5.74) is 5.40. The lowest BCUT2D eigenvalue weighted by atomic mass is 10.1. The molecule has 3 heteroatoms. The largest absolute Gasteiger partial charge is 0.321 e. The Kier molecular flexibility index (Phi) is 3.55. The summed E-state index contributed by atoms with van der Waals surface area (Å²) in [6.45, 7) is 3.86. The van der Waals surface area contributed by atoms with Gasteiger partial charge in [0.05, 0.1) is 6.04 Å². The number of hydrogen-bond acceptors (Lipinski definition) is 2. The molecule has 1 atom stereocenters. The fraction of sp³-hybridized carbons (Fsp3) is 0.800. The topological polar surface area (TPSA) is 43.1 Å². The van der Waals surface area contributed by atoms with Crippen LogP contribution in [0, 0.1) is 5.92 Å². The first kappa shape index (κ1) is 8.36. The van der Waals surface area contributed by atoms with E-state index in [1.54, 1.807) is 22.6 Å². The standard InChI is InChI=1S/C5H10INO/c1-3(2)4(7)5(6)8/h3-4H,7H2,1-2H3/t4-/m0/s1. The molecule has 0 aromatic heterocycles. The maximum absolute atomic E-state index is 10.4. The lowest BCUT2D eigenvalue weighted by molar-refractivity contribution is -0.111. The van der Waals surface area contributed by atoms with Crippen molar-refractivity contribution in [3.05, 3.63) is 0 Å². The molecule has 0 heterocycles. The Labute approximate surface area is 63.0 Å². The molecule has 0 bridgehead atoms. The molecule has 0 saturated carbocycles. The molecule has 8 heavy (non-hydrogen) atoms. The molecule has 0 spiro atoms. The van der Waals surface area contributed by atoms with Crippen LogP contribution in [0.5, 0.6) is 0 Å². The van der Waals surface area contributed by atoms with Gasteiger partial charge in [0.25, 0.3) is 0 Å². The summed E-state index contributed by atoms with van der Waals surface area (Å²) >= 11 is 1.72. The van der Waals surface area contributed by atoms with Gasteiger partial charge >= 0.3 is 0 Å². The second-order valence-electron chi connectivity index (χ2n) is 2.07. The van der Waals surface area contributed by atoms with E-state index < -0.39 is 0 Å². The minimum Gasteiger partial charge on any atom is -0.321 e. The van der Waals surface area contributed by atoms with Crippen LogP contribution in [0.25, 0.3) is 0 Å². The maximum atomic E-state index is 10.4. The monoisotopic (exact) mass is 227 g/mol. The molecule has 48 valence electrons. The summed E-state index contributed by atoms with van der Waals surface area (Å²) in [5, 5.41) is 0. The highest BCUT2D eigenvalue weighted by Gasteiger charge is 2.12. The van der Waals surface area contributed by atoms with Gasteiger partial charge in [-0.2, -0.15) is 0 Å². The lowest BCUT2D eigenvalue weighted by Crippen LogP contribution is -2.31. The van der Waals surface area contributed by atoms with E-state index in [1.165, 1.54) is 0 Å². The molecule has 2 N–H and O–H groups in total. The zero-order chi connectivity index (χ0) is 6.73. The Morgan fingerprint density at radius 3 is 2.00 bits per heavy atom. The average Bonchev–Trinajstić information content (AvgIpc) is 1.64. The van der Waals surface area contributed by atoms with Crippen LogP contribution in [0.15, 0.2) is 0 Å². The van der Waals surface area contributed by atoms with Crippen molar-refractivity contribution in [1.29, 1.82) is 0 Å². The molecule has 0 radical (unpaired) electrons. The van der Waals surface area contributed by atoms with Gasteiger partial charge in [0.1, 0.15) is 0 Å². The number of nitrogens with two attached hydrogens (primary N) is 1. The van der Waals surface area contributed by atoms with Crippen LogP contribution in [0.3, 0.4) is 0 Å². The van der Waals surface area contributed by atoms with E-state index in [2.05, 4.69) is 0 Å². The van der Waals surface area contributed by atoms with Crippen LogP contribution in [0.4, 0.5) is 0 Å². The number of carbonyl (C=O) groups excluding carboxylic acids is 1. The number of halogens is 1. The Hall–Kier alpha value is 0.360. The predicted molar refractivity (Wildman–Crippen MR) is 41.8 cm³/mol. The van der Waals surface area contributed by atoms with E-state index in [0.717, 1.165) is 0 Å². The second-order valence-corrected chi connectivity index (χ2v) is 3.14. The van der Waals surface area contributed by atoms with Gasteiger partial charge in [0.15, 0.2) is 0 Å². The maximum Gasteiger partial charge on any atom is 0.209 e. The highest BCUT2D eigenvalue weighted by molar-refractivity contribution is 14.1. The van der Waals surface area contributed by atoms with Gasteiger partial charge in [-0.3, -0.25) is 4.79 Å². The first-order chi connectivity index (χ1) is 3.55. The molecule has 0 unspecified atom stereocenters. The molecular formula is C5H10INO. The molecule has 0 saturated heterocycles. The van der Waals surface area contributed by atoms with E-state index in [4.69, 9.17) is 5.73 Å². The van der Waals surface area contributed by atoms with Gasteiger partial charge < -0.3 is 5.73 Å². The Morgan fingerprint density at radius 1 is 1.62 bits per heavy atom. The normalized spacial score (nSPS) is 14.1. The van der Waals surface area contributed by atoms with Gasteiger partial charge in [-0.25, -0.2) is 0 Å². The lowest BCUT2D eigenvalue weighted by Gasteiger charge is -2.08. The van der Waals surface area contributed by atoms with Crippen molar-refractivity contribution < 1.29 is 4.79 Å². The van der Waals surface area contributed by atoms with Gasteiger partial charge in [0, 0.05) is 22.6 Å². The van der Waals surface area contributed by atoms with Crippen molar-refractivity contribution in [3.8, 4) is 0 Å². The molecule has 0 amide bonds. The molecule has 0 aliphatic rings. The summed E-state index contributed by atoms with van der Waals surface area (Å²) in [6.07, 6.45) is 0. The molecule has 0 aromatic carbocycles. The van der Waals surface area contributed by atoms with Crippen molar-refractivity contribution >= 4 is 26.4 Å². The third-order valence-corrected chi connectivity index (χ3v) is 1.70. The van der Waals surface area contributed by atoms with Crippen molar-refractivity contribution in [1.82, 2.24) is 0 Å². The van der Waals surface area contributed by atoms with Gasteiger partial charge in [-0.15, -0.1) is 0 Å². The number of hydrogen-bond donors (Lipinski definition) is 1. The first-order valence-electron chi connectivity index (χ1n) is 2.50. The first-order valence-corrected chi connectivity index (χ1v) is 3.58. The quantitative estimate of drug-likeness (QED) is 0.563. The van der Waals surface area contributed by atoms with Crippen LogP contribution >= 0.6 is 22.6 Å². The third kappa shape index (κ3) is 2.61. The molecule has 2 nitrogen and oxygen atoms in total. The highest BCUT2D eigenvalue weighted by Crippen LogP contribution is 2.02. The van der Waals surface area contributed by atoms with E-state index in [-0.39, 0.29) is 15.7 Å². The van der Waals surface area contributed by atoms with Gasteiger partial charge in [-0.05, 0) is 5.92 Å². The van der Waals surface area contributed by atoms with Crippen LogP contribution in [0.1, 0.15) is 13.8 Å². The Bertz CT molecular complexity index is 92.4. The molecule has 0 aromatic rings. The fourth-order valence-electron chi connectivity index (χ4n) is 0.262. The summed E-state index contributed by atoms with van der Waals surface area (Å²) in [6, 6.07) is -0.282. The fourth-order valence-corrected chi connectivity index (χ4v) is 0.981. The zero-order valence-electron chi connectivity index (χ0n) is 5.02. The minimum absolute atomic E-state index is 0.0394. The SMILES string of the molecule is CC(C)[C@H](N)C(=O)I. The average molecular weight is 227 g/mol. The molecule has 0 aliphatic heterocycles. The van der Waals surface area contributed by atoms with Gasteiger partial charge in [-0.1, -0.05) is 13.8 Å². The van der Waals surface area contributed by atoms with Crippen molar-refractivity contribution in [2.75, 3.05) is 0 Å². The van der Waals surface area contributed by atoms with Crippen LogP contribution in [0.2, 0.25) is 0 Å². The molecule has 0 rings (SSSR count). The van der Waals surface area contributed by atoms with E-state index in [9.17, 15) is 4.79 Å². The van der Waals surface area contributed by atoms with Crippen LogP contribution < -0.4 is 5.73 Å². The van der Waals surface area contributed by atoms with E-state index in [1.807, 2.05) is 13.8 Å². The van der Waals surface area contributed by atoms with Gasteiger partial charge in [0.2, 0.25) is 3.79 Å². The molecule has 0 fully saturated rings. The van der Waals surface area contributed by atoms with E-state index in [0.29, 0.717) is 0 Å². The van der Waals surface area contributed by atoms with Crippen molar-refractivity contribution in [3.63, 3.8) is 0 Å².